The molecule has 4 rings (SSSR count). The van der Waals surface area contributed by atoms with E-state index in [-0.39, 0.29) is 22.9 Å². The summed E-state index contributed by atoms with van der Waals surface area (Å²) in [7, 11) is 0. The molecule has 0 unspecified atom stereocenters. The van der Waals surface area contributed by atoms with E-state index in [1.54, 1.807) is 42.5 Å². The quantitative estimate of drug-likeness (QED) is 0.586. The van der Waals surface area contributed by atoms with Crippen molar-refractivity contribution >= 4 is 40.4 Å². The molecule has 6 nitrogen and oxygen atoms in total. The van der Waals surface area contributed by atoms with Gasteiger partial charge in [0.15, 0.2) is 0 Å². The first-order valence-corrected chi connectivity index (χ1v) is 9.94. The molecule has 7 heteroatoms. The summed E-state index contributed by atoms with van der Waals surface area (Å²) in [4.78, 5) is 38.7. The van der Waals surface area contributed by atoms with Gasteiger partial charge in [0.2, 0.25) is 5.91 Å². The van der Waals surface area contributed by atoms with E-state index >= 15 is 0 Å². The Morgan fingerprint density at radius 2 is 1.47 bits per heavy atom. The fourth-order valence-corrected chi connectivity index (χ4v) is 3.47. The molecule has 0 fully saturated rings. The molecule has 0 saturated carbocycles. The summed E-state index contributed by atoms with van der Waals surface area (Å²) in [5, 5.41) is 5.68. The third-order valence-electron chi connectivity index (χ3n) is 4.99. The number of carbonyl (C=O) groups is 3. The Kier molecular flexibility index (Phi) is 5.55. The Bertz CT molecular complexity index is 1250. The summed E-state index contributed by atoms with van der Waals surface area (Å²) in [6.07, 6.45) is 0. The van der Waals surface area contributed by atoms with Gasteiger partial charge in [-0.2, -0.15) is 0 Å². The van der Waals surface area contributed by atoms with Crippen LogP contribution in [0.2, 0.25) is 0 Å². The Labute approximate surface area is 184 Å². The van der Waals surface area contributed by atoms with E-state index < -0.39 is 17.6 Å². The third-order valence-corrected chi connectivity index (χ3v) is 4.99. The molecule has 0 atom stereocenters. The predicted octanol–water partition coefficient (Wildman–Crippen LogP) is 4.49. The highest BCUT2D eigenvalue weighted by Crippen LogP contribution is 2.35. The highest BCUT2D eigenvalue weighted by atomic mass is 19.1. The van der Waals surface area contributed by atoms with Crippen molar-refractivity contribution in [3.05, 3.63) is 95.4 Å². The Morgan fingerprint density at radius 1 is 0.844 bits per heavy atom. The average molecular weight is 429 g/mol. The van der Waals surface area contributed by atoms with Crippen molar-refractivity contribution in [1.29, 1.82) is 0 Å². The molecule has 0 aliphatic carbocycles. The zero-order chi connectivity index (χ0) is 22.8. The standard InChI is InChI=1S/C25H20FN3O3/c1-15-7-9-17(10-8-15)22-23(28-19-13-11-18(12-14-19)27-16(2)30)25(32)29(24(22)31)21-6-4-3-5-20(21)26/h3-14,28H,1-2H3,(H,27,30). The van der Waals surface area contributed by atoms with Crippen LogP contribution < -0.4 is 15.5 Å². The van der Waals surface area contributed by atoms with Crippen LogP contribution in [-0.2, 0) is 14.4 Å². The topological polar surface area (TPSA) is 78.5 Å². The zero-order valence-electron chi connectivity index (χ0n) is 17.5. The fraction of sp³-hybridized carbons (Fsp3) is 0.0800. The molecule has 1 aliphatic rings. The predicted molar refractivity (Wildman–Crippen MR) is 121 cm³/mol. The van der Waals surface area contributed by atoms with Crippen LogP contribution in [0, 0.1) is 12.7 Å². The Hall–Kier alpha value is -4.26. The second-order valence-electron chi connectivity index (χ2n) is 7.40. The number of aryl methyl sites for hydroxylation is 1. The molecule has 2 N–H and O–H groups in total. The zero-order valence-corrected chi connectivity index (χ0v) is 17.5. The van der Waals surface area contributed by atoms with Gasteiger partial charge in [0.1, 0.15) is 11.5 Å². The minimum Gasteiger partial charge on any atom is -0.350 e. The lowest BCUT2D eigenvalue weighted by Gasteiger charge is -2.16. The number of imide groups is 1. The van der Waals surface area contributed by atoms with Crippen LogP contribution in [0.15, 0.2) is 78.5 Å². The van der Waals surface area contributed by atoms with E-state index in [0.29, 0.717) is 16.9 Å². The van der Waals surface area contributed by atoms with Gasteiger partial charge in [-0.3, -0.25) is 14.4 Å². The first-order chi connectivity index (χ1) is 15.3. The number of rotatable bonds is 5. The molecule has 160 valence electrons. The number of nitrogens with zero attached hydrogens (tertiary/aromatic N) is 1. The maximum absolute atomic E-state index is 14.5. The number of anilines is 3. The first-order valence-electron chi connectivity index (χ1n) is 9.94. The lowest BCUT2D eigenvalue weighted by molar-refractivity contribution is -0.120. The highest BCUT2D eigenvalue weighted by Gasteiger charge is 2.41. The number of para-hydroxylation sites is 1. The lowest BCUT2D eigenvalue weighted by Crippen LogP contribution is -2.33. The van der Waals surface area contributed by atoms with Gasteiger partial charge < -0.3 is 10.6 Å². The molecule has 3 amide bonds. The number of nitrogens with one attached hydrogen (secondary N) is 2. The van der Waals surface area contributed by atoms with Crippen LogP contribution in [0.4, 0.5) is 21.5 Å². The van der Waals surface area contributed by atoms with Crippen molar-refractivity contribution in [2.24, 2.45) is 0 Å². The van der Waals surface area contributed by atoms with E-state index in [2.05, 4.69) is 10.6 Å². The maximum Gasteiger partial charge on any atom is 0.282 e. The molecule has 0 spiro atoms. The average Bonchev–Trinajstić information content (AvgIpc) is 3.00. The van der Waals surface area contributed by atoms with E-state index in [1.807, 2.05) is 19.1 Å². The van der Waals surface area contributed by atoms with Gasteiger partial charge in [-0.15, -0.1) is 0 Å². The van der Waals surface area contributed by atoms with Crippen LogP contribution in [0.25, 0.3) is 5.57 Å². The SMILES string of the molecule is CC(=O)Nc1ccc(NC2=C(c3ccc(C)cc3)C(=O)N(c3ccccc3F)C2=O)cc1. The highest BCUT2D eigenvalue weighted by molar-refractivity contribution is 6.46. The van der Waals surface area contributed by atoms with E-state index in [1.165, 1.54) is 25.1 Å². The molecular weight excluding hydrogens is 409 g/mol. The second-order valence-corrected chi connectivity index (χ2v) is 7.40. The van der Waals surface area contributed by atoms with Crippen molar-refractivity contribution in [3.8, 4) is 0 Å². The smallest absolute Gasteiger partial charge is 0.282 e. The summed E-state index contributed by atoms with van der Waals surface area (Å²) >= 11 is 0. The van der Waals surface area contributed by atoms with Crippen LogP contribution in [0.3, 0.4) is 0 Å². The maximum atomic E-state index is 14.5. The number of amides is 3. The van der Waals surface area contributed by atoms with Crippen molar-refractivity contribution in [1.82, 2.24) is 0 Å². The molecular formula is C25H20FN3O3. The largest absolute Gasteiger partial charge is 0.350 e. The van der Waals surface area contributed by atoms with Gasteiger partial charge in [0.05, 0.1) is 11.3 Å². The number of hydrogen-bond donors (Lipinski definition) is 2. The van der Waals surface area contributed by atoms with Gasteiger partial charge in [0, 0.05) is 18.3 Å². The molecule has 3 aromatic carbocycles. The molecule has 0 saturated heterocycles. The molecule has 32 heavy (non-hydrogen) atoms. The number of halogens is 1. The minimum absolute atomic E-state index is 0.0504. The minimum atomic E-state index is -0.668. The number of benzene rings is 3. The third kappa shape index (κ3) is 4.00. The molecule has 0 aromatic heterocycles. The van der Waals surface area contributed by atoms with Crippen LogP contribution in [0.1, 0.15) is 18.1 Å². The lowest BCUT2D eigenvalue weighted by atomic mass is 10.0. The second kappa shape index (κ2) is 8.47. The van der Waals surface area contributed by atoms with Crippen molar-refractivity contribution in [2.45, 2.75) is 13.8 Å². The van der Waals surface area contributed by atoms with Gasteiger partial charge in [-0.1, -0.05) is 42.0 Å². The fourth-order valence-electron chi connectivity index (χ4n) is 3.47. The van der Waals surface area contributed by atoms with Gasteiger partial charge in [-0.25, -0.2) is 9.29 Å². The van der Waals surface area contributed by atoms with Crippen LogP contribution in [-0.4, -0.2) is 17.7 Å². The number of carbonyl (C=O) groups excluding carboxylic acids is 3. The van der Waals surface area contributed by atoms with Crippen molar-refractivity contribution in [2.75, 3.05) is 15.5 Å². The van der Waals surface area contributed by atoms with Crippen molar-refractivity contribution < 1.29 is 18.8 Å². The number of hydrogen-bond acceptors (Lipinski definition) is 4. The van der Waals surface area contributed by atoms with E-state index in [9.17, 15) is 18.8 Å². The Morgan fingerprint density at radius 3 is 2.09 bits per heavy atom. The molecule has 0 bridgehead atoms. The van der Waals surface area contributed by atoms with Crippen LogP contribution in [0.5, 0.6) is 0 Å². The molecule has 3 aromatic rings. The summed E-state index contributed by atoms with van der Waals surface area (Å²) < 4.78 is 14.5. The molecule has 0 radical (unpaired) electrons. The van der Waals surface area contributed by atoms with Gasteiger partial charge in [0.25, 0.3) is 11.8 Å². The summed E-state index contributed by atoms with van der Waals surface area (Å²) in [6.45, 7) is 3.33. The van der Waals surface area contributed by atoms with E-state index in [4.69, 9.17) is 0 Å². The summed E-state index contributed by atoms with van der Waals surface area (Å²) in [6, 6.07) is 19.5. The first kappa shape index (κ1) is 21.0. The summed E-state index contributed by atoms with van der Waals surface area (Å²) in [5.41, 5.74) is 2.78. The summed E-state index contributed by atoms with van der Waals surface area (Å²) in [5.74, 6) is -2.13. The molecule has 1 aliphatic heterocycles. The molecule has 1 heterocycles. The normalized spacial score (nSPS) is 13.5. The van der Waals surface area contributed by atoms with Crippen LogP contribution >= 0.6 is 0 Å². The van der Waals surface area contributed by atoms with Crippen molar-refractivity contribution in [3.63, 3.8) is 0 Å². The van der Waals surface area contributed by atoms with Gasteiger partial charge in [-0.05, 0) is 48.9 Å². The van der Waals surface area contributed by atoms with Gasteiger partial charge >= 0.3 is 0 Å². The monoisotopic (exact) mass is 429 g/mol. The Balaban J connectivity index is 1.76. The van der Waals surface area contributed by atoms with E-state index in [0.717, 1.165) is 10.5 Å².